The van der Waals surface area contributed by atoms with E-state index < -0.39 is 28.5 Å². The first-order chi connectivity index (χ1) is 19.5. The maximum absolute atomic E-state index is 14.2. The number of anilines is 1. The Labute approximate surface area is 242 Å². The first-order valence-corrected chi connectivity index (χ1v) is 15.5. The number of nitrogens with zero attached hydrogens (tertiary/aromatic N) is 2. The smallest absolute Gasteiger partial charge is 0.244 e. The summed E-state index contributed by atoms with van der Waals surface area (Å²) in [4.78, 5) is 29.4. The number of sulfonamides is 1. The summed E-state index contributed by atoms with van der Waals surface area (Å²) in [6.07, 6.45) is 1.38. The molecule has 2 amide bonds. The molecule has 0 fully saturated rings. The summed E-state index contributed by atoms with van der Waals surface area (Å²) in [5.74, 6) is -0.760. The largest absolute Gasteiger partial charge is 0.352 e. The maximum Gasteiger partial charge on any atom is 0.244 e. The van der Waals surface area contributed by atoms with Crippen LogP contribution in [-0.4, -0.2) is 50.0 Å². The van der Waals surface area contributed by atoms with Crippen LogP contribution in [0.3, 0.4) is 0 Å². The summed E-state index contributed by atoms with van der Waals surface area (Å²) in [7, 11) is -3.86. The number of carbonyl (C=O) groups is 2. The summed E-state index contributed by atoms with van der Waals surface area (Å²) in [6, 6.07) is 29.1. The van der Waals surface area contributed by atoms with Crippen molar-refractivity contribution in [3.8, 4) is 0 Å². The van der Waals surface area contributed by atoms with E-state index in [2.05, 4.69) is 5.32 Å². The molecule has 4 aromatic rings. The van der Waals surface area contributed by atoms with E-state index in [0.717, 1.165) is 38.0 Å². The Kier molecular flexibility index (Phi) is 9.45. The predicted molar refractivity (Wildman–Crippen MR) is 165 cm³/mol. The van der Waals surface area contributed by atoms with Gasteiger partial charge in [0.2, 0.25) is 21.8 Å². The van der Waals surface area contributed by atoms with Crippen molar-refractivity contribution in [2.45, 2.75) is 45.8 Å². The fourth-order valence-corrected chi connectivity index (χ4v) is 5.71. The number of nitrogens with one attached hydrogen (secondary N) is 1. The predicted octanol–water partition coefficient (Wildman–Crippen LogP) is 5.08. The van der Waals surface area contributed by atoms with Crippen molar-refractivity contribution in [2.24, 2.45) is 0 Å². The zero-order chi connectivity index (χ0) is 29.6. The third-order valence-electron chi connectivity index (χ3n) is 6.89. The second-order valence-corrected chi connectivity index (χ2v) is 12.6. The lowest BCUT2D eigenvalue weighted by atomic mass is 10.0. The third-order valence-corrected chi connectivity index (χ3v) is 8.02. The second-order valence-electron chi connectivity index (χ2n) is 10.6. The quantitative estimate of drug-likeness (QED) is 0.272. The van der Waals surface area contributed by atoms with Crippen molar-refractivity contribution >= 4 is 38.3 Å². The molecule has 4 rings (SSSR count). The molecule has 0 saturated carbocycles. The Morgan fingerprint density at radius 3 is 2.10 bits per heavy atom. The monoisotopic (exact) mass is 571 g/mol. The molecule has 0 bridgehead atoms. The molecule has 41 heavy (non-hydrogen) atoms. The van der Waals surface area contributed by atoms with Crippen LogP contribution in [0.25, 0.3) is 10.8 Å². The molecule has 1 atom stereocenters. The molecule has 0 aliphatic rings. The van der Waals surface area contributed by atoms with Crippen molar-refractivity contribution in [3.05, 3.63) is 114 Å². The Balaban J connectivity index is 1.78. The molecule has 4 aromatic carbocycles. The Morgan fingerprint density at radius 1 is 0.805 bits per heavy atom. The maximum atomic E-state index is 14.2. The molecular weight excluding hydrogens is 534 g/mol. The molecule has 0 aliphatic carbocycles. The van der Waals surface area contributed by atoms with Crippen LogP contribution < -0.4 is 9.62 Å². The van der Waals surface area contributed by atoms with Gasteiger partial charge in [0.1, 0.15) is 12.6 Å². The molecule has 0 aromatic heterocycles. The SMILES string of the molecule is Cc1ccc(CN(C(=O)CN(c2cccc3ccccc23)S(C)(=O)=O)[C@H](Cc2ccccc2)C(=O)NC(C)C)cc1. The molecule has 8 heteroatoms. The minimum Gasteiger partial charge on any atom is -0.352 e. The summed E-state index contributed by atoms with van der Waals surface area (Å²) in [5.41, 5.74) is 3.23. The van der Waals surface area contributed by atoms with Crippen molar-refractivity contribution in [1.29, 1.82) is 0 Å². The molecule has 0 unspecified atom stereocenters. The molecule has 0 saturated heterocycles. The van der Waals surface area contributed by atoms with Gasteiger partial charge < -0.3 is 10.2 Å². The van der Waals surface area contributed by atoms with Crippen LogP contribution in [0, 0.1) is 6.92 Å². The highest BCUT2D eigenvalue weighted by molar-refractivity contribution is 7.92. The van der Waals surface area contributed by atoms with Crippen LogP contribution in [0.1, 0.15) is 30.5 Å². The van der Waals surface area contributed by atoms with Gasteiger partial charge in [-0.15, -0.1) is 0 Å². The highest BCUT2D eigenvalue weighted by Crippen LogP contribution is 2.29. The topological polar surface area (TPSA) is 86.8 Å². The molecule has 0 heterocycles. The van der Waals surface area contributed by atoms with E-state index in [1.54, 1.807) is 12.1 Å². The first kappa shape index (κ1) is 29.8. The summed E-state index contributed by atoms with van der Waals surface area (Å²) in [6.45, 7) is 5.43. The molecule has 0 spiro atoms. The number of rotatable bonds is 11. The molecule has 0 aliphatic heterocycles. The van der Waals surface area contributed by atoms with Gasteiger partial charge >= 0.3 is 0 Å². The van der Waals surface area contributed by atoms with E-state index in [9.17, 15) is 18.0 Å². The molecule has 0 radical (unpaired) electrons. The van der Waals surface area contributed by atoms with Crippen molar-refractivity contribution < 1.29 is 18.0 Å². The van der Waals surface area contributed by atoms with Gasteiger partial charge in [0.15, 0.2) is 0 Å². The van der Waals surface area contributed by atoms with Gasteiger partial charge in [-0.05, 0) is 43.4 Å². The zero-order valence-corrected chi connectivity index (χ0v) is 24.8. The molecule has 214 valence electrons. The molecule has 7 nitrogen and oxygen atoms in total. The van der Waals surface area contributed by atoms with Crippen LogP contribution in [0.15, 0.2) is 97.1 Å². The van der Waals surface area contributed by atoms with Gasteiger partial charge in [-0.2, -0.15) is 0 Å². The van der Waals surface area contributed by atoms with Gasteiger partial charge in [0.25, 0.3) is 0 Å². The van der Waals surface area contributed by atoms with Crippen LogP contribution in [0.4, 0.5) is 5.69 Å². The lowest BCUT2D eigenvalue weighted by Crippen LogP contribution is -2.54. The Hall–Kier alpha value is -4.17. The van der Waals surface area contributed by atoms with E-state index in [1.165, 1.54) is 4.90 Å². The van der Waals surface area contributed by atoms with Crippen molar-refractivity contribution in [1.82, 2.24) is 10.2 Å². The van der Waals surface area contributed by atoms with Gasteiger partial charge in [-0.3, -0.25) is 13.9 Å². The van der Waals surface area contributed by atoms with Gasteiger partial charge in [0, 0.05) is 24.4 Å². The summed E-state index contributed by atoms with van der Waals surface area (Å²) in [5, 5.41) is 4.55. The standard InChI is InChI=1S/C33H37N3O4S/c1-24(2)34-33(38)31(21-26-11-6-5-7-12-26)35(22-27-19-17-25(3)18-20-27)32(37)23-36(41(4,39)40)30-16-10-14-28-13-8-9-15-29(28)30/h5-20,24,31H,21-23H2,1-4H3,(H,34,38)/t31-/m1/s1. The van der Waals surface area contributed by atoms with Gasteiger partial charge in [0.05, 0.1) is 11.9 Å². The average Bonchev–Trinajstić information content (AvgIpc) is 2.94. The van der Waals surface area contributed by atoms with E-state index in [0.29, 0.717) is 5.69 Å². The van der Waals surface area contributed by atoms with Crippen molar-refractivity contribution in [2.75, 3.05) is 17.1 Å². The number of benzene rings is 4. The lowest BCUT2D eigenvalue weighted by molar-refractivity contribution is -0.140. The van der Waals surface area contributed by atoms with Crippen LogP contribution >= 0.6 is 0 Å². The zero-order valence-electron chi connectivity index (χ0n) is 23.9. The van der Waals surface area contributed by atoms with Gasteiger partial charge in [-0.1, -0.05) is 96.6 Å². The number of hydrogen-bond donors (Lipinski definition) is 1. The highest BCUT2D eigenvalue weighted by atomic mass is 32.2. The lowest BCUT2D eigenvalue weighted by Gasteiger charge is -2.34. The Bertz CT molecular complexity index is 1600. The molecular formula is C33H37N3O4S. The number of hydrogen-bond acceptors (Lipinski definition) is 4. The average molecular weight is 572 g/mol. The van der Waals surface area contributed by atoms with E-state index in [4.69, 9.17) is 0 Å². The Morgan fingerprint density at radius 2 is 1.44 bits per heavy atom. The van der Waals surface area contributed by atoms with Crippen molar-refractivity contribution in [3.63, 3.8) is 0 Å². The fraction of sp³-hybridized carbons (Fsp3) is 0.273. The van der Waals surface area contributed by atoms with Crippen LogP contribution in [0.5, 0.6) is 0 Å². The second kappa shape index (κ2) is 13.0. The number of fused-ring (bicyclic) bond motifs is 1. The number of aryl methyl sites for hydroxylation is 1. The van der Waals surface area contributed by atoms with E-state index >= 15 is 0 Å². The van der Waals surface area contributed by atoms with Gasteiger partial charge in [-0.25, -0.2) is 8.42 Å². The number of amides is 2. The summed E-state index contributed by atoms with van der Waals surface area (Å²) < 4.78 is 27.4. The summed E-state index contributed by atoms with van der Waals surface area (Å²) >= 11 is 0. The third kappa shape index (κ3) is 7.73. The van der Waals surface area contributed by atoms with Crippen LogP contribution in [-0.2, 0) is 32.6 Å². The van der Waals surface area contributed by atoms with E-state index in [-0.39, 0.29) is 24.9 Å². The fourth-order valence-electron chi connectivity index (χ4n) is 4.85. The highest BCUT2D eigenvalue weighted by Gasteiger charge is 2.33. The van der Waals surface area contributed by atoms with E-state index in [1.807, 2.05) is 106 Å². The minimum atomic E-state index is -3.86. The van der Waals surface area contributed by atoms with Crippen LogP contribution in [0.2, 0.25) is 0 Å². The first-order valence-electron chi connectivity index (χ1n) is 13.7. The number of carbonyl (C=O) groups excluding carboxylic acids is 2. The molecule has 1 N–H and O–H groups in total. The minimum absolute atomic E-state index is 0.139. The normalized spacial score (nSPS) is 12.2.